The van der Waals surface area contributed by atoms with Crippen molar-refractivity contribution < 1.29 is 13.2 Å². The Kier molecular flexibility index (Phi) is 4.89. The lowest BCUT2D eigenvalue weighted by atomic mass is 9.90. The third kappa shape index (κ3) is 3.89. The van der Waals surface area contributed by atoms with Crippen molar-refractivity contribution in [2.45, 2.75) is 24.2 Å². The fraction of sp³-hybridized carbons (Fsp3) is 0.176. The molecule has 2 aromatic carbocycles. The van der Waals surface area contributed by atoms with E-state index in [1.54, 1.807) is 0 Å². The summed E-state index contributed by atoms with van der Waals surface area (Å²) in [5.74, 6) is -0.530. The van der Waals surface area contributed by atoms with E-state index in [-0.39, 0.29) is 15.5 Å². The summed E-state index contributed by atoms with van der Waals surface area (Å²) in [5.41, 5.74) is 5.61. The van der Waals surface area contributed by atoms with Crippen LogP contribution in [0, 0.1) is 0 Å². The van der Waals surface area contributed by atoms with E-state index in [0.29, 0.717) is 0 Å². The topological polar surface area (TPSA) is 102 Å². The average molecular weight is 378 g/mol. The van der Waals surface area contributed by atoms with Crippen LogP contribution in [0.2, 0.25) is 5.02 Å². The van der Waals surface area contributed by atoms with Crippen molar-refractivity contribution in [2.75, 3.05) is 0 Å². The molecule has 25 heavy (non-hydrogen) atoms. The molecular formula is C17H16ClN3O3S. The number of nitrogens with zero attached hydrogens (tertiary/aromatic N) is 1. The van der Waals surface area contributed by atoms with Crippen LogP contribution in [0.1, 0.15) is 34.3 Å². The molecule has 1 aliphatic rings. The van der Waals surface area contributed by atoms with Crippen LogP contribution >= 0.6 is 11.6 Å². The van der Waals surface area contributed by atoms with Gasteiger partial charge in [0.05, 0.1) is 10.7 Å². The van der Waals surface area contributed by atoms with Gasteiger partial charge in [-0.1, -0.05) is 35.9 Å². The SMILES string of the molecule is NS(=O)(=O)c1cc(C(=O)N/N=C2\CCCc3ccccc32)ccc1Cl. The van der Waals surface area contributed by atoms with Gasteiger partial charge < -0.3 is 0 Å². The Labute approximate surface area is 150 Å². The fourth-order valence-electron chi connectivity index (χ4n) is 2.76. The van der Waals surface area contributed by atoms with E-state index in [2.05, 4.69) is 10.5 Å². The molecule has 0 saturated carbocycles. The zero-order valence-corrected chi connectivity index (χ0v) is 14.8. The van der Waals surface area contributed by atoms with Gasteiger partial charge in [-0.05, 0) is 43.0 Å². The van der Waals surface area contributed by atoms with Crippen LogP contribution in [0.4, 0.5) is 0 Å². The van der Waals surface area contributed by atoms with Crippen molar-refractivity contribution in [2.24, 2.45) is 10.2 Å². The smallest absolute Gasteiger partial charge is 0.267 e. The number of hydrazone groups is 1. The molecule has 0 spiro atoms. The maximum Gasteiger partial charge on any atom is 0.271 e. The van der Waals surface area contributed by atoms with Gasteiger partial charge in [0.25, 0.3) is 5.91 Å². The predicted molar refractivity (Wildman–Crippen MR) is 96.2 cm³/mol. The zero-order valence-electron chi connectivity index (χ0n) is 13.2. The van der Waals surface area contributed by atoms with E-state index in [9.17, 15) is 13.2 Å². The summed E-state index contributed by atoms with van der Waals surface area (Å²) in [6, 6.07) is 11.8. The summed E-state index contributed by atoms with van der Waals surface area (Å²) in [5, 5.41) is 9.28. The maximum atomic E-state index is 12.3. The summed E-state index contributed by atoms with van der Waals surface area (Å²) in [6.45, 7) is 0. The molecule has 0 aromatic heterocycles. The van der Waals surface area contributed by atoms with Crippen molar-refractivity contribution in [1.82, 2.24) is 5.43 Å². The van der Waals surface area contributed by atoms with Crippen molar-refractivity contribution in [3.8, 4) is 0 Å². The lowest BCUT2D eigenvalue weighted by Gasteiger charge is -2.17. The molecule has 8 heteroatoms. The molecule has 0 fully saturated rings. The molecule has 0 heterocycles. The van der Waals surface area contributed by atoms with E-state index in [4.69, 9.17) is 16.7 Å². The van der Waals surface area contributed by atoms with Crippen LogP contribution in [0.15, 0.2) is 52.5 Å². The second-order valence-electron chi connectivity index (χ2n) is 5.70. The molecule has 1 amide bonds. The van der Waals surface area contributed by atoms with Gasteiger partial charge in [0, 0.05) is 11.1 Å². The Balaban J connectivity index is 1.85. The lowest BCUT2D eigenvalue weighted by Crippen LogP contribution is -2.22. The molecule has 2 aromatic rings. The number of carbonyl (C=O) groups is 1. The Hall–Kier alpha value is -2.22. The molecular weight excluding hydrogens is 362 g/mol. The Morgan fingerprint density at radius 2 is 1.92 bits per heavy atom. The van der Waals surface area contributed by atoms with Crippen molar-refractivity contribution in [3.63, 3.8) is 0 Å². The van der Waals surface area contributed by atoms with Gasteiger partial charge in [0.15, 0.2) is 0 Å². The minimum atomic E-state index is -4.01. The highest BCUT2D eigenvalue weighted by molar-refractivity contribution is 7.89. The molecule has 3 N–H and O–H groups in total. The van der Waals surface area contributed by atoms with E-state index in [0.717, 1.165) is 36.6 Å². The summed E-state index contributed by atoms with van der Waals surface area (Å²) >= 11 is 5.82. The van der Waals surface area contributed by atoms with Gasteiger partial charge in [-0.3, -0.25) is 4.79 Å². The number of aryl methyl sites for hydroxylation is 1. The summed E-state index contributed by atoms with van der Waals surface area (Å²) in [4.78, 5) is 12.0. The molecule has 0 bridgehead atoms. The first-order valence-electron chi connectivity index (χ1n) is 7.64. The minimum absolute atomic E-state index is 0.0356. The van der Waals surface area contributed by atoms with Crippen molar-refractivity contribution >= 4 is 33.2 Å². The van der Waals surface area contributed by atoms with Gasteiger partial charge in [-0.2, -0.15) is 5.10 Å². The molecule has 130 valence electrons. The first-order chi connectivity index (χ1) is 11.9. The highest BCUT2D eigenvalue weighted by Crippen LogP contribution is 2.22. The number of sulfonamides is 1. The quantitative estimate of drug-likeness (QED) is 0.803. The molecule has 0 radical (unpaired) electrons. The molecule has 0 unspecified atom stereocenters. The highest BCUT2D eigenvalue weighted by Gasteiger charge is 2.18. The number of amides is 1. The van der Waals surface area contributed by atoms with Gasteiger partial charge in [-0.25, -0.2) is 19.0 Å². The van der Waals surface area contributed by atoms with Gasteiger partial charge in [0.1, 0.15) is 4.90 Å². The van der Waals surface area contributed by atoms with Gasteiger partial charge in [0.2, 0.25) is 10.0 Å². The minimum Gasteiger partial charge on any atom is -0.267 e. The number of nitrogens with two attached hydrogens (primary N) is 1. The molecule has 1 aliphatic carbocycles. The first kappa shape index (κ1) is 17.6. The number of fused-ring (bicyclic) bond motifs is 1. The molecule has 0 aliphatic heterocycles. The highest BCUT2D eigenvalue weighted by atomic mass is 35.5. The summed E-state index contributed by atoms with van der Waals surface area (Å²) in [6.07, 6.45) is 2.71. The largest absolute Gasteiger partial charge is 0.271 e. The van der Waals surface area contributed by atoms with Crippen LogP contribution in [-0.4, -0.2) is 20.0 Å². The van der Waals surface area contributed by atoms with Crippen LogP contribution < -0.4 is 10.6 Å². The van der Waals surface area contributed by atoms with Crippen LogP contribution in [0.25, 0.3) is 0 Å². The van der Waals surface area contributed by atoms with Crippen molar-refractivity contribution in [3.05, 3.63) is 64.2 Å². The molecule has 0 atom stereocenters. The maximum absolute atomic E-state index is 12.3. The first-order valence-corrected chi connectivity index (χ1v) is 9.56. The standard InChI is InChI=1S/C17H16ClN3O3S/c18-14-9-8-12(10-16(14)25(19,23)24)17(22)21-20-15-7-3-5-11-4-1-2-6-13(11)15/h1-2,4,6,8-10H,3,5,7H2,(H,21,22)(H2,19,23,24)/b20-15+. The Morgan fingerprint density at radius 3 is 2.68 bits per heavy atom. The third-order valence-corrected chi connectivity index (χ3v) is 5.37. The third-order valence-electron chi connectivity index (χ3n) is 3.98. The van der Waals surface area contributed by atoms with Crippen molar-refractivity contribution in [1.29, 1.82) is 0 Å². The number of primary sulfonamides is 1. The number of rotatable bonds is 3. The second-order valence-corrected chi connectivity index (χ2v) is 7.64. The van der Waals surface area contributed by atoms with Gasteiger partial charge >= 0.3 is 0 Å². The number of benzene rings is 2. The number of hydrogen-bond acceptors (Lipinski definition) is 4. The predicted octanol–water partition coefficient (Wildman–Crippen LogP) is 2.46. The van der Waals surface area contributed by atoms with Crippen LogP contribution in [-0.2, 0) is 16.4 Å². The molecule has 6 nitrogen and oxygen atoms in total. The number of hydrogen-bond donors (Lipinski definition) is 2. The van der Waals surface area contributed by atoms with E-state index in [1.807, 2.05) is 24.3 Å². The van der Waals surface area contributed by atoms with Crippen LogP contribution in [0.5, 0.6) is 0 Å². The Bertz CT molecular complexity index is 971. The zero-order chi connectivity index (χ0) is 18.0. The number of nitrogens with one attached hydrogen (secondary N) is 1. The molecule has 0 saturated heterocycles. The molecule has 3 rings (SSSR count). The van der Waals surface area contributed by atoms with Gasteiger partial charge in [-0.15, -0.1) is 0 Å². The normalized spacial score (nSPS) is 15.7. The van der Waals surface area contributed by atoms with E-state index < -0.39 is 15.9 Å². The Morgan fingerprint density at radius 1 is 1.16 bits per heavy atom. The van der Waals surface area contributed by atoms with E-state index in [1.165, 1.54) is 17.7 Å². The average Bonchev–Trinajstić information content (AvgIpc) is 2.59. The monoisotopic (exact) mass is 377 g/mol. The fourth-order valence-corrected chi connectivity index (χ4v) is 3.83. The van der Waals surface area contributed by atoms with Crippen LogP contribution in [0.3, 0.4) is 0 Å². The summed E-state index contributed by atoms with van der Waals surface area (Å²) in [7, 11) is -4.01. The summed E-state index contributed by atoms with van der Waals surface area (Å²) < 4.78 is 23.0. The number of halogens is 1. The van der Waals surface area contributed by atoms with E-state index >= 15 is 0 Å². The lowest BCUT2D eigenvalue weighted by molar-refractivity contribution is 0.0954. The second kappa shape index (κ2) is 6.95. The number of carbonyl (C=O) groups excluding carboxylic acids is 1.